The molecule has 3 amide bonds. The first-order valence-electron chi connectivity index (χ1n) is 13.6. The molecule has 1 aromatic heterocycles. The normalized spacial score (nSPS) is 14.4. The highest BCUT2D eigenvalue weighted by molar-refractivity contribution is 6.13. The summed E-state index contributed by atoms with van der Waals surface area (Å²) < 4.78 is 37.1. The number of anilines is 2. The van der Waals surface area contributed by atoms with Gasteiger partial charge in [0.05, 0.1) is 37.1 Å². The molecule has 12 heteroatoms. The van der Waals surface area contributed by atoms with Crippen LogP contribution < -0.4 is 15.0 Å². The minimum Gasteiger partial charge on any atom is -0.495 e. The Balaban J connectivity index is 1.48. The molecular weight excluding hydrogens is 570 g/mol. The number of nitrogens with one attached hydrogen (secondary N) is 1. The Kier molecular flexibility index (Phi) is 8.13. The lowest BCUT2D eigenvalue weighted by molar-refractivity contribution is -0.127. The SMILES string of the molecule is COc1ccc(C(=O)Nc2cnn3c2C(=O)N(c2ccc(C(F)(F)c4ccccc4)cc2)C(CN(C)C(C)=O)C3)cc1C#N. The number of carbonyl (C=O) groups excluding carboxylic acids is 3. The smallest absolute Gasteiger partial charge is 0.298 e. The molecule has 0 spiro atoms. The number of nitrogens with zero attached hydrogens (tertiary/aromatic N) is 5. The van der Waals surface area contributed by atoms with E-state index in [9.17, 15) is 19.6 Å². The zero-order valence-corrected chi connectivity index (χ0v) is 24.1. The summed E-state index contributed by atoms with van der Waals surface area (Å²) >= 11 is 0. The van der Waals surface area contributed by atoms with Gasteiger partial charge in [0.2, 0.25) is 5.91 Å². The molecule has 1 aliphatic heterocycles. The van der Waals surface area contributed by atoms with E-state index in [1.54, 1.807) is 13.1 Å². The van der Waals surface area contributed by atoms with Crippen LogP contribution in [0.2, 0.25) is 0 Å². The van der Waals surface area contributed by atoms with E-state index in [4.69, 9.17) is 4.74 Å². The van der Waals surface area contributed by atoms with Crippen LogP contribution in [0.3, 0.4) is 0 Å². The van der Waals surface area contributed by atoms with Gasteiger partial charge in [0.15, 0.2) is 0 Å². The fraction of sp³-hybridized carbons (Fsp3) is 0.219. The molecular formula is C32H28F2N6O4. The molecule has 1 N–H and O–H groups in total. The minimum atomic E-state index is -3.26. The molecule has 1 atom stereocenters. The average molecular weight is 599 g/mol. The largest absolute Gasteiger partial charge is 0.495 e. The number of carbonyl (C=O) groups is 3. The van der Waals surface area contributed by atoms with Gasteiger partial charge in [-0.3, -0.25) is 19.1 Å². The van der Waals surface area contributed by atoms with Gasteiger partial charge < -0.3 is 19.9 Å². The Morgan fingerprint density at radius 3 is 2.43 bits per heavy atom. The van der Waals surface area contributed by atoms with E-state index in [1.807, 2.05) is 6.07 Å². The molecule has 0 saturated heterocycles. The van der Waals surface area contributed by atoms with Gasteiger partial charge in [0.1, 0.15) is 17.5 Å². The molecule has 10 nitrogen and oxygen atoms in total. The van der Waals surface area contributed by atoms with E-state index in [-0.39, 0.29) is 52.6 Å². The number of alkyl halides is 2. The maximum Gasteiger partial charge on any atom is 0.298 e. The van der Waals surface area contributed by atoms with E-state index in [2.05, 4.69) is 10.4 Å². The third kappa shape index (κ3) is 5.59. The van der Waals surface area contributed by atoms with Gasteiger partial charge >= 0.3 is 0 Å². The number of hydrogen-bond donors (Lipinski definition) is 1. The molecule has 0 radical (unpaired) electrons. The second-order valence-electron chi connectivity index (χ2n) is 10.3. The Hall–Kier alpha value is -5.57. The van der Waals surface area contributed by atoms with E-state index in [0.29, 0.717) is 11.4 Å². The van der Waals surface area contributed by atoms with Crippen LogP contribution in [0.25, 0.3) is 0 Å². The van der Waals surface area contributed by atoms with Gasteiger partial charge in [-0.05, 0) is 30.3 Å². The van der Waals surface area contributed by atoms with Gasteiger partial charge in [-0.15, -0.1) is 0 Å². The van der Waals surface area contributed by atoms with Crippen molar-refractivity contribution in [2.45, 2.75) is 25.4 Å². The second-order valence-corrected chi connectivity index (χ2v) is 10.3. The maximum atomic E-state index is 15.2. The summed E-state index contributed by atoms with van der Waals surface area (Å²) in [7, 11) is 3.01. The van der Waals surface area contributed by atoms with Crippen molar-refractivity contribution < 1.29 is 27.9 Å². The molecule has 0 bridgehead atoms. The van der Waals surface area contributed by atoms with Crippen LogP contribution in [0.4, 0.5) is 20.2 Å². The Bertz CT molecular complexity index is 1770. The van der Waals surface area contributed by atoms with Gasteiger partial charge in [-0.2, -0.15) is 19.1 Å². The molecule has 0 saturated carbocycles. The van der Waals surface area contributed by atoms with Crippen LogP contribution >= 0.6 is 0 Å². The molecule has 2 heterocycles. The van der Waals surface area contributed by atoms with E-state index >= 15 is 8.78 Å². The van der Waals surface area contributed by atoms with Crippen molar-refractivity contribution in [3.8, 4) is 11.8 Å². The molecule has 5 rings (SSSR count). The van der Waals surface area contributed by atoms with Crippen LogP contribution in [0.1, 0.15) is 44.5 Å². The number of aromatic nitrogens is 2. The average Bonchev–Trinajstić information content (AvgIpc) is 3.43. The predicted molar refractivity (Wildman–Crippen MR) is 158 cm³/mol. The van der Waals surface area contributed by atoms with Gasteiger partial charge in [-0.1, -0.05) is 42.5 Å². The molecule has 1 aliphatic rings. The van der Waals surface area contributed by atoms with E-state index < -0.39 is 23.8 Å². The molecule has 1 unspecified atom stereocenters. The van der Waals surface area contributed by atoms with Crippen molar-refractivity contribution in [1.29, 1.82) is 5.26 Å². The zero-order valence-electron chi connectivity index (χ0n) is 24.1. The number of benzene rings is 3. The molecule has 44 heavy (non-hydrogen) atoms. The summed E-state index contributed by atoms with van der Waals surface area (Å²) in [5.74, 6) is -4.29. The highest BCUT2D eigenvalue weighted by atomic mass is 19.3. The fourth-order valence-corrected chi connectivity index (χ4v) is 5.09. The van der Waals surface area contributed by atoms with Crippen LogP contribution in [0.15, 0.2) is 79.0 Å². The number of hydrogen-bond acceptors (Lipinski definition) is 6. The number of likely N-dealkylation sites (N-methyl/N-ethyl adjacent to an activating group) is 1. The van der Waals surface area contributed by atoms with Crippen molar-refractivity contribution >= 4 is 29.1 Å². The Morgan fingerprint density at radius 2 is 1.80 bits per heavy atom. The van der Waals surface area contributed by atoms with Crippen molar-refractivity contribution in [2.24, 2.45) is 0 Å². The minimum absolute atomic E-state index is 0.0767. The second kappa shape index (κ2) is 12.0. The van der Waals surface area contributed by atoms with Crippen LogP contribution in [-0.4, -0.2) is 59.1 Å². The summed E-state index contributed by atoms with van der Waals surface area (Å²) in [6, 6.07) is 18.6. The third-order valence-electron chi connectivity index (χ3n) is 7.51. The summed E-state index contributed by atoms with van der Waals surface area (Å²) in [6.45, 7) is 1.71. The lowest BCUT2D eigenvalue weighted by Gasteiger charge is -2.38. The fourth-order valence-electron chi connectivity index (χ4n) is 5.09. The van der Waals surface area contributed by atoms with Crippen molar-refractivity contribution in [3.05, 3.63) is 107 Å². The molecule has 224 valence electrons. The Morgan fingerprint density at radius 1 is 1.11 bits per heavy atom. The van der Waals surface area contributed by atoms with Crippen LogP contribution in [0, 0.1) is 11.3 Å². The summed E-state index contributed by atoms with van der Waals surface area (Å²) in [5.41, 5.74) is 0.464. The molecule has 0 aliphatic carbocycles. The van der Waals surface area contributed by atoms with Crippen molar-refractivity contribution in [3.63, 3.8) is 0 Å². The number of methoxy groups -OCH3 is 1. The first-order valence-corrected chi connectivity index (χ1v) is 13.6. The summed E-state index contributed by atoms with van der Waals surface area (Å²) in [4.78, 5) is 42.1. The monoisotopic (exact) mass is 598 g/mol. The highest BCUT2D eigenvalue weighted by Gasteiger charge is 2.39. The topological polar surface area (TPSA) is 121 Å². The maximum absolute atomic E-state index is 15.2. The van der Waals surface area contributed by atoms with Gasteiger partial charge in [0, 0.05) is 42.9 Å². The highest BCUT2D eigenvalue weighted by Crippen LogP contribution is 2.37. The van der Waals surface area contributed by atoms with E-state index in [1.165, 1.54) is 101 Å². The van der Waals surface area contributed by atoms with Gasteiger partial charge in [-0.25, -0.2) is 0 Å². The standard InChI is InChI=1S/C32H28F2N6O4/c1-20(41)38(2)18-26-19-39-29(27(17-36-39)37-30(42)21-9-14-28(44-3)22(15-21)16-35)31(43)40(26)25-12-10-24(11-13-25)32(33,34)23-7-5-4-6-8-23/h4-15,17,26H,18-19H2,1-3H3,(H,37,42). The summed E-state index contributed by atoms with van der Waals surface area (Å²) in [5, 5.41) is 16.4. The number of ether oxygens (including phenoxy) is 1. The molecule has 4 aromatic rings. The van der Waals surface area contributed by atoms with Crippen LogP contribution in [-0.2, 0) is 17.3 Å². The van der Waals surface area contributed by atoms with Crippen molar-refractivity contribution in [2.75, 3.05) is 30.9 Å². The number of nitriles is 1. The number of rotatable bonds is 8. The number of halogens is 2. The first-order chi connectivity index (χ1) is 21.0. The molecule has 3 aromatic carbocycles. The van der Waals surface area contributed by atoms with Gasteiger partial charge in [0.25, 0.3) is 17.7 Å². The third-order valence-corrected chi connectivity index (χ3v) is 7.51. The number of fused-ring (bicyclic) bond motifs is 1. The van der Waals surface area contributed by atoms with Crippen LogP contribution in [0.5, 0.6) is 5.75 Å². The quantitative estimate of drug-likeness (QED) is 0.315. The predicted octanol–water partition coefficient (Wildman–Crippen LogP) is 4.66. The van der Waals surface area contributed by atoms with E-state index in [0.717, 1.165) is 0 Å². The lowest BCUT2D eigenvalue weighted by atomic mass is 9.99. The van der Waals surface area contributed by atoms with Crippen molar-refractivity contribution in [1.82, 2.24) is 14.7 Å². The first kappa shape index (κ1) is 29.9. The molecule has 0 fully saturated rings. The zero-order chi connectivity index (χ0) is 31.6. The number of amides is 3. The lowest BCUT2D eigenvalue weighted by Crippen LogP contribution is -2.53. The Labute approximate surface area is 252 Å². The summed E-state index contributed by atoms with van der Waals surface area (Å²) in [6.07, 6.45) is 1.35.